The topological polar surface area (TPSA) is 228 Å². The second-order valence-corrected chi connectivity index (χ2v) is 26.0. The van der Waals surface area contributed by atoms with E-state index in [0.29, 0.717) is 6.42 Å². The molecule has 0 aromatic carbocycles. The Morgan fingerprint density at radius 2 is 0.726 bits per heavy atom. The molecule has 0 bridgehead atoms. The van der Waals surface area contributed by atoms with Crippen molar-refractivity contribution in [3.63, 3.8) is 0 Å². The highest BCUT2D eigenvalue weighted by atomic mass is 16.7. The maximum atomic E-state index is 13.4. The fourth-order valence-electron chi connectivity index (χ4n) is 11.6. The second-order valence-electron chi connectivity index (χ2n) is 26.0. The summed E-state index contributed by atoms with van der Waals surface area (Å²) in [5.74, 6) is -0.251. The molecule has 2 rings (SSSR count). The normalized spacial score (nSPS) is 23.1. The Morgan fingerprint density at radius 1 is 0.389 bits per heavy atom. The van der Waals surface area contributed by atoms with Crippen LogP contribution < -0.4 is 5.32 Å². The number of amides is 1. The number of allylic oxidation sites excluding steroid dienone is 21. The van der Waals surface area contributed by atoms with E-state index in [4.69, 9.17) is 18.9 Å². The number of carbonyl (C=O) groups is 1. The molecular formula is C81H137NO13. The van der Waals surface area contributed by atoms with Gasteiger partial charge in [0.05, 0.1) is 32.0 Å². The molecule has 9 N–H and O–H groups in total. The maximum Gasteiger partial charge on any atom is 0.220 e. The van der Waals surface area contributed by atoms with Gasteiger partial charge in [-0.15, -0.1) is 0 Å². The van der Waals surface area contributed by atoms with E-state index in [1.807, 2.05) is 6.08 Å². The van der Waals surface area contributed by atoms with Crippen molar-refractivity contribution < 1.29 is 64.6 Å². The molecule has 12 unspecified atom stereocenters. The minimum Gasteiger partial charge on any atom is -0.394 e. The van der Waals surface area contributed by atoms with Gasteiger partial charge in [0, 0.05) is 6.42 Å². The number of unbranched alkanes of at least 4 members (excludes halogenated alkanes) is 28. The Bertz CT molecular complexity index is 2110. The highest BCUT2D eigenvalue weighted by Gasteiger charge is 2.51. The van der Waals surface area contributed by atoms with Crippen molar-refractivity contribution >= 4 is 5.91 Å². The van der Waals surface area contributed by atoms with Gasteiger partial charge in [-0.1, -0.05) is 308 Å². The summed E-state index contributed by atoms with van der Waals surface area (Å²) in [6.07, 6.45) is 77.9. The summed E-state index contributed by atoms with van der Waals surface area (Å²) in [6, 6.07) is -0.930. The van der Waals surface area contributed by atoms with Crippen LogP contribution in [0.25, 0.3) is 0 Å². The van der Waals surface area contributed by atoms with Crippen LogP contribution in [0, 0.1) is 0 Å². The molecule has 0 aromatic rings. The van der Waals surface area contributed by atoms with E-state index >= 15 is 0 Å². The lowest BCUT2D eigenvalue weighted by atomic mass is 9.97. The lowest BCUT2D eigenvalue weighted by Crippen LogP contribution is -2.65. The summed E-state index contributed by atoms with van der Waals surface area (Å²) < 4.78 is 22.9. The van der Waals surface area contributed by atoms with Crippen LogP contribution >= 0.6 is 0 Å². The largest absolute Gasteiger partial charge is 0.394 e. The molecule has 2 aliphatic heterocycles. The van der Waals surface area contributed by atoms with Crippen molar-refractivity contribution in [1.29, 1.82) is 0 Å². The minimum atomic E-state index is -1.80. The molecule has 0 spiro atoms. The number of rotatable bonds is 61. The van der Waals surface area contributed by atoms with Gasteiger partial charge in [-0.3, -0.25) is 4.79 Å². The van der Waals surface area contributed by atoms with Gasteiger partial charge in [-0.25, -0.2) is 0 Å². The number of ether oxygens (including phenoxy) is 4. The number of aliphatic hydroxyl groups excluding tert-OH is 8. The van der Waals surface area contributed by atoms with E-state index in [-0.39, 0.29) is 18.9 Å². The third-order valence-corrected chi connectivity index (χ3v) is 17.6. The molecule has 2 saturated heterocycles. The third kappa shape index (κ3) is 46.9. The van der Waals surface area contributed by atoms with Gasteiger partial charge in [-0.2, -0.15) is 0 Å². The van der Waals surface area contributed by atoms with Crippen molar-refractivity contribution in [2.24, 2.45) is 0 Å². The van der Waals surface area contributed by atoms with Crippen molar-refractivity contribution in [2.45, 2.75) is 351 Å². The molecule has 1 amide bonds. The summed E-state index contributed by atoms with van der Waals surface area (Å²) in [5, 5.41) is 87.6. The average molecular weight is 1330 g/mol. The van der Waals surface area contributed by atoms with E-state index in [1.54, 1.807) is 6.08 Å². The average Bonchev–Trinajstić information content (AvgIpc) is 0.801. The van der Waals surface area contributed by atoms with Crippen LogP contribution in [-0.4, -0.2) is 140 Å². The zero-order chi connectivity index (χ0) is 68.7. The zero-order valence-electron chi connectivity index (χ0n) is 59.4. The number of nitrogens with one attached hydrogen (secondary N) is 1. The lowest BCUT2D eigenvalue weighted by Gasteiger charge is -2.46. The highest BCUT2D eigenvalue weighted by Crippen LogP contribution is 2.30. The van der Waals surface area contributed by atoms with Crippen LogP contribution in [0.15, 0.2) is 134 Å². The number of hydrogen-bond donors (Lipinski definition) is 9. The smallest absolute Gasteiger partial charge is 0.220 e. The summed E-state index contributed by atoms with van der Waals surface area (Å²) >= 11 is 0. The highest BCUT2D eigenvalue weighted by molar-refractivity contribution is 5.76. The Morgan fingerprint density at radius 3 is 1.12 bits per heavy atom. The van der Waals surface area contributed by atoms with Crippen LogP contribution in [0.4, 0.5) is 0 Å². The molecule has 2 fully saturated rings. The fourth-order valence-corrected chi connectivity index (χ4v) is 11.6. The van der Waals surface area contributed by atoms with Gasteiger partial charge in [0.2, 0.25) is 5.91 Å². The first-order valence-electron chi connectivity index (χ1n) is 37.9. The maximum absolute atomic E-state index is 13.4. The van der Waals surface area contributed by atoms with Gasteiger partial charge in [0.15, 0.2) is 12.6 Å². The summed E-state index contributed by atoms with van der Waals surface area (Å²) in [6.45, 7) is 2.70. The summed E-state index contributed by atoms with van der Waals surface area (Å²) in [4.78, 5) is 13.4. The lowest BCUT2D eigenvalue weighted by molar-refractivity contribution is -0.359. The van der Waals surface area contributed by atoms with Gasteiger partial charge in [0.1, 0.15) is 48.8 Å². The van der Waals surface area contributed by atoms with E-state index < -0.39 is 86.8 Å². The standard InChI is InChI=1S/C81H137NO13/c1-3-5-7-9-11-13-15-17-19-21-23-25-27-28-29-30-31-32-33-34-35-36-37-38-39-40-41-42-43-45-47-49-51-53-55-57-59-61-63-65-73(86)82-69(68-92-80-78(91)76(89)79(72(67-84)94-80)95-81-77(90)75(88)74(87)71(66-83)93-81)70(85)64-62-60-58-56-54-52-50-48-46-44-26-24-22-20-18-16-14-12-10-8-6-4-2/h5,7,11,13,17,19,23,25,28-29,31-32,34-35,37-38,40-41,43,45,62,64,69-72,74-81,83-85,87-91H,3-4,6,8-10,12,14-16,18,20-22,24,26-27,30,33,36,39,42,44,46-61,63,65-68H2,1-2H3,(H,82,86)/b7-5-,13-11-,19-17-,25-23-,29-28-,32-31-,35-34-,38-37-,41-40-,45-43-,64-62+. The molecule has 544 valence electrons. The molecule has 95 heavy (non-hydrogen) atoms. The van der Waals surface area contributed by atoms with E-state index in [0.717, 1.165) is 116 Å². The molecule has 2 heterocycles. The van der Waals surface area contributed by atoms with Crippen LogP contribution in [0.2, 0.25) is 0 Å². The molecule has 0 saturated carbocycles. The van der Waals surface area contributed by atoms with Crippen LogP contribution in [0.5, 0.6) is 0 Å². The molecular weight excluding hydrogens is 1190 g/mol. The number of hydrogen-bond acceptors (Lipinski definition) is 13. The molecule has 12 atom stereocenters. The molecule has 0 aromatic heterocycles. The van der Waals surface area contributed by atoms with Gasteiger partial charge in [0.25, 0.3) is 0 Å². The van der Waals surface area contributed by atoms with E-state index in [9.17, 15) is 45.6 Å². The van der Waals surface area contributed by atoms with Crippen LogP contribution in [-0.2, 0) is 23.7 Å². The minimum absolute atomic E-state index is 0.251. The molecule has 0 radical (unpaired) electrons. The Hall–Kier alpha value is -3.87. The SMILES string of the molecule is CC/C=C\C/C=C\C/C=C\C/C=C\C/C=C\C/C=C\C/C=C\C/C=C\C/C=C\C/C=C\CCCCCCCCCCC(=O)NC(COC1OC(CO)C(OC2OC(CO)C(O)C(O)C2O)C(O)C1O)C(O)/C=C/CCCCCCCCCCCCCCCCCCCCCC. The first-order valence-corrected chi connectivity index (χ1v) is 37.9. The van der Waals surface area contributed by atoms with Gasteiger partial charge in [-0.05, 0) is 96.3 Å². The van der Waals surface area contributed by atoms with Crippen LogP contribution in [0.3, 0.4) is 0 Å². The number of aliphatic hydroxyl groups is 8. The fraction of sp³-hybridized carbons (Fsp3) is 0.716. The van der Waals surface area contributed by atoms with Gasteiger partial charge >= 0.3 is 0 Å². The Kier molecular flexibility index (Phi) is 58.4. The monoisotopic (exact) mass is 1330 g/mol. The first kappa shape index (κ1) is 87.2. The van der Waals surface area contributed by atoms with Gasteiger partial charge < -0.3 is 65.1 Å². The molecule has 14 heteroatoms. The van der Waals surface area contributed by atoms with Crippen molar-refractivity contribution in [1.82, 2.24) is 5.32 Å². The molecule has 2 aliphatic rings. The predicted octanol–water partition coefficient (Wildman–Crippen LogP) is 16.6. The predicted molar refractivity (Wildman–Crippen MR) is 391 cm³/mol. The Balaban J connectivity index is 1.65. The van der Waals surface area contributed by atoms with E-state index in [2.05, 4.69) is 141 Å². The third-order valence-electron chi connectivity index (χ3n) is 17.6. The summed E-state index contributed by atoms with van der Waals surface area (Å²) in [5.41, 5.74) is 0. The van der Waals surface area contributed by atoms with Crippen LogP contribution in [0.1, 0.15) is 277 Å². The first-order chi connectivity index (χ1) is 46.6. The molecule has 0 aliphatic carbocycles. The van der Waals surface area contributed by atoms with Crippen molar-refractivity contribution in [3.05, 3.63) is 134 Å². The Labute approximate surface area is 577 Å². The quantitative estimate of drug-likeness (QED) is 0.0204. The molecule has 14 nitrogen and oxygen atoms in total. The van der Waals surface area contributed by atoms with Crippen molar-refractivity contribution in [2.75, 3.05) is 19.8 Å². The van der Waals surface area contributed by atoms with Crippen molar-refractivity contribution in [3.8, 4) is 0 Å². The number of carbonyl (C=O) groups excluding carboxylic acids is 1. The van der Waals surface area contributed by atoms with E-state index in [1.165, 1.54) is 135 Å². The summed E-state index contributed by atoms with van der Waals surface area (Å²) in [7, 11) is 0. The zero-order valence-corrected chi connectivity index (χ0v) is 59.4. The second kappa shape index (κ2) is 63.6.